The van der Waals surface area contributed by atoms with Gasteiger partial charge in [-0.3, -0.25) is 0 Å². The molecule has 2 aromatic carbocycles. The third kappa shape index (κ3) is 6.34. The van der Waals surface area contributed by atoms with Crippen LogP contribution in [0.4, 0.5) is 13.2 Å². The molecule has 9 nitrogen and oxygen atoms in total. The van der Waals surface area contributed by atoms with Crippen molar-refractivity contribution in [2.45, 2.75) is 26.8 Å². The van der Waals surface area contributed by atoms with Crippen molar-refractivity contribution in [3.8, 4) is 28.9 Å². The van der Waals surface area contributed by atoms with Crippen molar-refractivity contribution in [2.24, 2.45) is 0 Å². The predicted octanol–water partition coefficient (Wildman–Crippen LogP) is 3.98. The smallest absolute Gasteiger partial charge is 0.406 e. The van der Waals surface area contributed by atoms with Crippen molar-refractivity contribution in [2.75, 3.05) is 0 Å². The largest absolute Gasteiger partial charge is 0.573 e. The maximum Gasteiger partial charge on any atom is 0.573 e. The first-order valence-electron chi connectivity index (χ1n) is 9.35. The maximum absolute atomic E-state index is 12.3. The third-order valence-corrected chi connectivity index (χ3v) is 4.23. The molecule has 0 atom stereocenters. The highest BCUT2D eigenvalue weighted by Gasteiger charge is 2.31. The lowest BCUT2D eigenvalue weighted by Gasteiger charge is -2.08. The summed E-state index contributed by atoms with van der Waals surface area (Å²) in [6.07, 6.45) is -4.50. The highest BCUT2D eigenvalue weighted by Crippen LogP contribution is 2.26. The molecule has 4 aromatic rings. The van der Waals surface area contributed by atoms with E-state index in [4.69, 9.17) is 14.1 Å². The zero-order valence-corrected chi connectivity index (χ0v) is 17.3. The van der Waals surface area contributed by atoms with Crippen LogP contribution in [0, 0.1) is 13.8 Å². The molecular weight excluding hydrogens is 443 g/mol. The fourth-order valence-corrected chi connectivity index (χ4v) is 2.88. The second-order valence-corrected chi connectivity index (χ2v) is 6.71. The van der Waals surface area contributed by atoms with Crippen LogP contribution in [0.5, 0.6) is 5.75 Å². The van der Waals surface area contributed by atoms with E-state index in [0.29, 0.717) is 17.9 Å². The van der Waals surface area contributed by atoms with Gasteiger partial charge in [-0.25, -0.2) is 9.67 Å². The standard InChI is InChI=1S/C20H16F3N5O2.CO2/c1-12-4-3-5-14(10-12)11-28-13(2)24-18(26-28)19-25-17(27-30-19)15-6-8-16(9-7-15)29-20(21,22)23;2-1-3/h3-10H,11H2,1-2H3;. The summed E-state index contributed by atoms with van der Waals surface area (Å²) in [6, 6.07) is 13.2. The van der Waals surface area contributed by atoms with Crippen molar-refractivity contribution in [3.05, 3.63) is 65.5 Å². The number of ether oxygens (including phenoxy) is 1. The summed E-state index contributed by atoms with van der Waals surface area (Å²) < 4.78 is 47.6. The van der Waals surface area contributed by atoms with Crippen LogP contribution in [0.15, 0.2) is 53.1 Å². The number of hydrogen-bond acceptors (Lipinski definition) is 8. The van der Waals surface area contributed by atoms with E-state index in [1.165, 1.54) is 24.3 Å². The summed E-state index contributed by atoms with van der Waals surface area (Å²) >= 11 is 0. The van der Waals surface area contributed by atoms with Gasteiger partial charge in [-0.15, -0.1) is 18.3 Å². The molecule has 4 rings (SSSR count). The van der Waals surface area contributed by atoms with Gasteiger partial charge in [0.2, 0.25) is 11.6 Å². The number of hydrogen-bond donors (Lipinski definition) is 0. The maximum atomic E-state index is 12.3. The molecule has 0 saturated heterocycles. The summed E-state index contributed by atoms with van der Waals surface area (Å²) in [7, 11) is 0. The van der Waals surface area contributed by atoms with Gasteiger partial charge in [-0.05, 0) is 43.7 Å². The van der Waals surface area contributed by atoms with Crippen LogP contribution >= 0.6 is 0 Å². The minimum absolute atomic E-state index is 0.117. The Morgan fingerprint density at radius 2 is 1.73 bits per heavy atom. The van der Waals surface area contributed by atoms with E-state index in [-0.39, 0.29) is 29.4 Å². The Labute approximate surface area is 184 Å². The van der Waals surface area contributed by atoms with Crippen LogP contribution in [0.25, 0.3) is 23.1 Å². The van der Waals surface area contributed by atoms with Crippen LogP contribution in [-0.4, -0.2) is 37.4 Å². The second-order valence-electron chi connectivity index (χ2n) is 6.71. The van der Waals surface area contributed by atoms with Crippen LogP contribution in [0.3, 0.4) is 0 Å². The Morgan fingerprint density at radius 3 is 2.36 bits per heavy atom. The van der Waals surface area contributed by atoms with Gasteiger partial charge in [-0.2, -0.15) is 14.6 Å². The Balaban J connectivity index is 0.000000968. The van der Waals surface area contributed by atoms with Crippen LogP contribution < -0.4 is 4.74 Å². The Bertz CT molecular complexity index is 1260. The first-order chi connectivity index (χ1) is 15.7. The number of benzene rings is 2. The molecule has 2 heterocycles. The summed E-state index contributed by atoms with van der Waals surface area (Å²) in [5, 5.41) is 8.29. The molecule has 0 aliphatic rings. The number of alkyl halides is 3. The van der Waals surface area contributed by atoms with E-state index in [1.54, 1.807) is 4.68 Å². The molecule has 0 spiro atoms. The van der Waals surface area contributed by atoms with E-state index < -0.39 is 6.36 Å². The lowest BCUT2D eigenvalue weighted by atomic mass is 10.1. The van der Waals surface area contributed by atoms with E-state index in [2.05, 4.69) is 31.0 Å². The van der Waals surface area contributed by atoms with Crippen LogP contribution in [0.2, 0.25) is 0 Å². The van der Waals surface area contributed by atoms with Crippen molar-refractivity contribution in [1.29, 1.82) is 0 Å². The molecule has 0 fully saturated rings. The summed E-state index contributed by atoms with van der Waals surface area (Å²) in [5.41, 5.74) is 2.70. The first-order valence-corrected chi connectivity index (χ1v) is 9.35. The normalized spacial score (nSPS) is 10.8. The van der Waals surface area contributed by atoms with Gasteiger partial charge in [0.1, 0.15) is 11.6 Å². The molecule has 0 radical (unpaired) electrons. The van der Waals surface area contributed by atoms with Gasteiger partial charge < -0.3 is 9.26 Å². The molecule has 0 aliphatic carbocycles. The molecule has 170 valence electrons. The zero-order valence-electron chi connectivity index (χ0n) is 17.3. The first kappa shape index (κ1) is 23.4. The molecule has 0 unspecified atom stereocenters. The van der Waals surface area contributed by atoms with Gasteiger partial charge in [0.05, 0.1) is 6.54 Å². The Morgan fingerprint density at radius 1 is 1.03 bits per heavy atom. The molecule has 0 N–H and O–H groups in total. The van der Waals surface area contributed by atoms with E-state index in [0.717, 1.165) is 11.1 Å². The topological polar surface area (TPSA) is 113 Å². The number of nitrogens with zero attached hydrogens (tertiary/aromatic N) is 5. The van der Waals surface area contributed by atoms with Gasteiger partial charge >= 0.3 is 12.5 Å². The van der Waals surface area contributed by atoms with E-state index >= 15 is 0 Å². The monoisotopic (exact) mass is 459 g/mol. The quantitative estimate of drug-likeness (QED) is 0.441. The number of rotatable bonds is 5. The van der Waals surface area contributed by atoms with Gasteiger partial charge in [0.15, 0.2) is 0 Å². The number of halogens is 3. The fraction of sp³-hybridized carbons (Fsp3) is 0.190. The van der Waals surface area contributed by atoms with Gasteiger partial charge in [0.25, 0.3) is 5.89 Å². The summed E-state index contributed by atoms with van der Waals surface area (Å²) in [6.45, 7) is 4.38. The van der Waals surface area contributed by atoms with Crippen molar-refractivity contribution in [1.82, 2.24) is 24.9 Å². The molecular formula is C21H16F3N5O4. The number of carbonyl (C=O) groups excluding carboxylic acids is 2. The van der Waals surface area contributed by atoms with E-state index in [1.807, 2.05) is 32.0 Å². The molecule has 0 bridgehead atoms. The molecule has 2 aromatic heterocycles. The molecule has 0 aliphatic heterocycles. The summed E-state index contributed by atoms with van der Waals surface area (Å²) in [4.78, 5) is 24.9. The fourth-order valence-electron chi connectivity index (χ4n) is 2.88. The molecule has 0 saturated carbocycles. The third-order valence-electron chi connectivity index (χ3n) is 4.23. The average molecular weight is 459 g/mol. The van der Waals surface area contributed by atoms with Gasteiger partial charge in [-0.1, -0.05) is 35.0 Å². The van der Waals surface area contributed by atoms with Crippen LogP contribution in [-0.2, 0) is 16.1 Å². The lowest BCUT2D eigenvalue weighted by molar-refractivity contribution is -0.274. The number of aromatic nitrogens is 5. The minimum atomic E-state index is -4.75. The Hall–Kier alpha value is -4.31. The van der Waals surface area contributed by atoms with E-state index in [9.17, 15) is 13.2 Å². The average Bonchev–Trinajstić information content (AvgIpc) is 3.36. The number of aryl methyl sites for hydroxylation is 2. The van der Waals surface area contributed by atoms with Gasteiger partial charge in [0, 0.05) is 5.56 Å². The van der Waals surface area contributed by atoms with Crippen LogP contribution in [0.1, 0.15) is 17.0 Å². The second kappa shape index (κ2) is 9.88. The molecule has 33 heavy (non-hydrogen) atoms. The summed E-state index contributed by atoms with van der Waals surface area (Å²) in [5.74, 6) is 0.945. The lowest BCUT2D eigenvalue weighted by Crippen LogP contribution is -2.16. The molecule has 0 amide bonds. The highest BCUT2D eigenvalue weighted by atomic mass is 19.4. The molecule has 12 heteroatoms. The zero-order chi connectivity index (χ0) is 24.0. The Kier molecular flexibility index (Phi) is 6.99. The highest BCUT2D eigenvalue weighted by molar-refractivity contribution is 5.57. The van der Waals surface area contributed by atoms with Crippen molar-refractivity contribution in [3.63, 3.8) is 0 Å². The predicted molar refractivity (Wildman–Crippen MR) is 105 cm³/mol. The SMILES string of the molecule is Cc1cccc(Cn2nc(-c3nc(-c4ccc(OC(F)(F)F)cc4)no3)nc2C)c1.O=C=O. The minimum Gasteiger partial charge on any atom is -0.406 e. The van der Waals surface area contributed by atoms with Crippen molar-refractivity contribution >= 4 is 6.15 Å². The van der Waals surface area contributed by atoms with Crippen molar-refractivity contribution < 1.29 is 32.0 Å².